The molecule has 0 spiro atoms. The van der Waals surface area contributed by atoms with Gasteiger partial charge >= 0.3 is 5.97 Å². The number of fused-ring (bicyclic) bond motifs is 1. The van der Waals surface area contributed by atoms with E-state index < -0.39 is 6.04 Å². The van der Waals surface area contributed by atoms with Crippen LogP contribution in [0.1, 0.15) is 61.4 Å². The van der Waals surface area contributed by atoms with Gasteiger partial charge in [0.2, 0.25) is 0 Å². The Bertz CT molecular complexity index is 1710. The number of unbranched alkanes of at least 4 members (excludes halogenated alkanes) is 1. The zero-order valence-electron chi connectivity index (χ0n) is 22.6. The number of aryl methyl sites for hydroxylation is 1. The van der Waals surface area contributed by atoms with Gasteiger partial charge < -0.3 is 15.8 Å². The summed E-state index contributed by atoms with van der Waals surface area (Å²) in [6.45, 7) is 3.64. The lowest BCUT2D eigenvalue weighted by atomic mass is 10.1. The van der Waals surface area contributed by atoms with E-state index in [1.807, 2.05) is 37.3 Å². The zero-order valence-corrected chi connectivity index (χ0v) is 22.6. The van der Waals surface area contributed by atoms with Gasteiger partial charge in [-0.15, -0.1) is 0 Å². The second-order valence-corrected chi connectivity index (χ2v) is 8.97. The third kappa shape index (κ3) is 5.92. The van der Waals surface area contributed by atoms with Crippen LogP contribution in [-0.2, 0) is 9.53 Å². The topological polar surface area (TPSA) is 149 Å². The predicted molar refractivity (Wildman–Crippen MR) is 153 cm³/mol. The molecule has 4 aromatic rings. The monoisotopic (exact) mass is 535 g/mol. The number of nitrogens with zero attached hydrogens (tertiary/aromatic N) is 5. The lowest BCUT2D eigenvalue weighted by Crippen LogP contribution is -2.29. The van der Waals surface area contributed by atoms with Crippen LogP contribution in [0.2, 0.25) is 0 Å². The number of carbonyl (C=O) groups is 1. The highest BCUT2D eigenvalue weighted by atomic mass is 16.5. The number of nitriles is 1. The van der Waals surface area contributed by atoms with Crippen LogP contribution in [0.25, 0.3) is 16.6 Å². The summed E-state index contributed by atoms with van der Waals surface area (Å²) in [7, 11) is 1.36. The summed E-state index contributed by atoms with van der Waals surface area (Å²) < 4.78 is 6.24. The molecule has 40 heavy (non-hydrogen) atoms. The third-order valence-corrected chi connectivity index (χ3v) is 6.26. The number of nitrogens with one attached hydrogen (secondary N) is 1. The van der Waals surface area contributed by atoms with Crippen molar-refractivity contribution in [3.8, 4) is 23.6 Å². The van der Waals surface area contributed by atoms with Gasteiger partial charge in [-0.3, -0.25) is 14.2 Å². The van der Waals surface area contributed by atoms with E-state index >= 15 is 0 Å². The number of anilines is 2. The predicted octanol–water partition coefficient (Wildman–Crippen LogP) is 4.20. The highest BCUT2D eigenvalue weighted by Crippen LogP contribution is 2.27. The van der Waals surface area contributed by atoms with E-state index in [-0.39, 0.29) is 35.1 Å². The van der Waals surface area contributed by atoms with Crippen molar-refractivity contribution in [2.45, 2.75) is 45.6 Å². The Morgan fingerprint density at radius 1 is 1.15 bits per heavy atom. The van der Waals surface area contributed by atoms with Crippen molar-refractivity contribution in [1.82, 2.24) is 19.5 Å². The van der Waals surface area contributed by atoms with Gasteiger partial charge in [0.05, 0.1) is 29.7 Å². The summed E-state index contributed by atoms with van der Waals surface area (Å²) in [5.74, 6) is 7.09. The maximum atomic E-state index is 14.2. The normalized spacial score (nSPS) is 11.2. The molecule has 3 N–H and O–H groups in total. The number of carbonyl (C=O) groups excluding carboxylic acids is 1. The molecular formula is C30H29N7O3. The zero-order chi connectivity index (χ0) is 28.6. The van der Waals surface area contributed by atoms with E-state index in [4.69, 9.17) is 10.7 Å². The van der Waals surface area contributed by atoms with E-state index in [0.717, 1.165) is 0 Å². The van der Waals surface area contributed by atoms with Crippen molar-refractivity contribution >= 4 is 28.5 Å². The molecule has 0 amide bonds. The number of hydrogen-bond acceptors (Lipinski definition) is 9. The number of benzene rings is 2. The molecule has 0 aliphatic rings. The highest BCUT2D eigenvalue weighted by Gasteiger charge is 2.23. The molecule has 0 fully saturated rings. The van der Waals surface area contributed by atoms with Crippen LogP contribution in [0, 0.1) is 30.1 Å². The molecule has 0 radical (unpaired) electrons. The van der Waals surface area contributed by atoms with Crippen LogP contribution in [-0.4, -0.2) is 32.6 Å². The molecule has 202 valence electrons. The van der Waals surface area contributed by atoms with E-state index in [2.05, 4.69) is 37.9 Å². The fraction of sp³-hybridized carbons (Fsp3) is 0.267. The van der Waals surface area contributed by atoms with E-state index in [0.29, 0.717) is 53.1 Å². The minimum Gasteiger partial charge on any atom is -0.469 e. The van der Waals surface area contributed by atoms with Crippen LogP contribution in [0.4, 0.5) is 11.6 Å². The first-order valence-corrected chi connectivity index (χ1v) is 12.8. The highest BCUT2D eigenvalue weighted by molar-refractivity contribution is 5.84. The van der Waals surface area contributed by atoms with E-state index in [1.165, 1.54) is 7.11 Å². The van der Waals surface area contributed by atoms with Gasteiger partial charge in [0, 0.05) is 18.4 Å². The SMILES string of the molecule is CC[C@H](Nc1nc(C)nc(N)c1C#N)c1nc2cccc(C#CCCCC(=O)OC)c2c(=O)n1-c1ccccc1. The second-order valence-electron chi connectivity index (χ2n) is 8.97. The summed E-state index contributed by atoms with van der Waals surface area (Å²) >= 11 is 0. The van der Waals surface area contributed by atoms with Gasteiger partial charge in [0.15, 0.2) is 5.82 Å². The summed E-state index contributed by atoms with van der Waals surface area (Å²) in [6, 6.07) is 16.2. The second kappa shape index (κ2) is 12.5. The molecular weight excluding hydrogens is 506 g/mol. The molecule has 1 atom stereocenters. The Hall–Kier alpha value is -5.22. The molecule has 0 aliphatic heterocycles. The van der Waals surface area contributed by atoms with Crippen LogP contribution >= 0.6 is 0 Å². The molecule has 0 saturated heterocycles. The van der Waals surface area contributed by atoms with Crippen LogP contribution < -0.4 is 16.6 Å². The van der Waals surface area contributed by atoms with E-state index in [1.54, 1.807) is 29.7 Å². The number of hydrogen-bond donors (Lipinski definition) is 2. The Labute approximate surface area is 231 Å². The Morgan fingerprint density at radius 2 is 1.93 bits per heavy atom. The summed E-state index contributed by atoms with van der Waals surface area (Å²) in [4.78, 5) is 39.0. The minimum absolute atomic E-state index is 0.0778. The van der Waals surface area contributed by atoms with Gasteiger partial charge in [-0.05, 0) is 44.0 Å². The summed E-state index contributed by atoms with van der Waals surface area (Å²) in [6.07, 6.45) is 1.85. The molecule has 10 heteroatoms. The molecule has 0 bridgehead atoms. The fourth-order valence-corrected chi connectivity index (χ4v) is 4.32. The van der Waals surface area contributed by atoms with Gasteiger partial charge in [0.25, 0.3) is 5.56 Å². The summed E-state index contributed by atoms with van der Waals surface area (Å²) in [5, 5.41) is 13.4. The number of methoxy groups -OCH3 is 1. The third-order valence-electron chi connectivity index (χ3n) is 6.26. The van der Waals surface area contributed by atoms with Crippen molar-refractivity contribution in [2.75, 3.05) is 18.2 Å². The fourth-order valence-electron chi connectivity index (χ4n) is 4.32. The van der Waals surface area contributed by atoms with Crippen molar-refractivity contribution in [3.05, 3.63) is 81.7 Å². The average Bonchev–Trinajstić information content (AvgIpc) is 2.95. The van der Waals surface area contributed by atoms with Crippen molar-refractivity contribution < 1.29 is 9.53 Å². The van der Waals surface area contributed by atoms with Crippen molar-refractivity contribution in [2.24, 2.45) is 0 Å². The first-order valence-electron chi connectivity index (χ1n) is 12.8. The number of nitrogens with two attached hydrogens (primary N) is 1. The van der Waals surface area contributed by atoms with E-state index in [9.17, 15) is 14.9 Å². The van der Waals surface area contributed by atoms with Gasteiger partial charge in [-0.2, -0.15) is 5.26 Å². The van der Waals surface area contributed by atoms with Crippen LogP contribution in [0.5, 0.6) is 0 Å². The quantitative estimate of drug-likeness (QED) is 0.192. The molecule has 2 aromatic carbocycles. The Balaban J connectivity index is 1.86. The number of rotatable bonds is 8. The standard InChI is InChI=1S/C30H29N7O3/c1-4-23(35-28-22(18-31)27(32)33-19(2)34-28)29-36-24-16-11-13-20(12-7-5-10-17-25(38)40-3)26(24)30(39)37(29)21-14-8-6-9-15-21/h6,8-9,11,13-16,23H,4-5,10,17H2,1-3H3,(H3,32,33,34,35)/t23-/m0/s1. The largest absolute Gasteiger partial charge is 0.469 e. The minimum atomic E-state index is -0.494. The average molecular weight is 536 g/mol. The van der Waals surface area contributed by atoms with Gasteiger partial charge in [-0.1, -0.05) is 43.0 Å². The first kappa shape index (κ1) is 27.8. The molecule has 2 heterocycles. The molecule has 0 saturated carbocycles. The lowest BCUT2D eigenvalue weighted by Gasteiger charge is -2.23. The maximum absolute atomic E-state index is 14.2. The maximum Gasteiger partial charge on any atom is 0.305 e. The van der Waals surface area contributed by atoms with Crippen molar-refractivity contribution in [1.29, 1.82) is 5.26 Å². The molecule has 2 aromatic heterocycles. The number of para-hydroxylation sites is 1. The van der Waals surface area contributed by atoms with Gasteiger partial charge in [0.1, 0.15) is 29.1 Å². The molecule has 0 aliphatic carbocycles. The molecule has 0 unspecified atom stereocenters. The number of ether oxygens (including phenoxy) is 1. The Morgan fingerprint density at radius 3 is 2.62 bits per heavy atom. The first-order chi connectivity index (χ1) is 19.4. The molecule has 4 rings (SSSR count). The number of aromatic nitrogens is 4. The Kier molecular flexibility index (Phi) is 8.72. The van der Waals surface area contributed by atoms with Gasteiger partial charge in [-0.25, -0.2) is 15.0 Å². The summed E-state index contributed by atoms with van der Waals surface area (Å²) in [5.41, 5.74) is 7.52. The van der Waals surface area contributed by atoms with Crippen LogP contribution in [0.15, 0.2) is 53.3 Å². The number of nitrogen functional groups attached to an aromatic ring is 1. The molecule has 10 nitrogen and oxygen atoms in total. The van der Waals surface area contributed by atoms with Crippen LogP contribution in [0.3, 0.4) is 0 Å². The smallest absolute Gasteiger partial charge is 0.305 e. The number of esters is 1. The van der Waals surface area contributed by atoms with Crippen molar-refractivity contribution in [3.63, 3.8) is 0 Å². The lowest BCUT2D eigenvalue weighted by molar-refractivity contribution is -0.140.